The maximum atomic E-state index is 13.3. The van der Waals surface area contributed by atoms with E-state index in [-0.39, 0.29) is 18.6 Å². The van der Waals surface area contributed by atoms with E-state index >= 15 is 0 Å². The molecule has 1 N–H and O–H groups in total. The van der Waals surface area contributed by atoms with Crippen molar-refractivity contribution in [1.82, 2.24) is 4.90 Å². The Morgan fingerprint density at radius 1 is 1.38 bits per heavy atom. The predicted octanol–water partition coefficient (Wildman–Crippen LogP) is 2.57. The van der Waals surface area contributed by atoms with Crippen LogP contribution < -0.4 is 0 Å². The van der Waals surface area contributed by atoms with E-state index in [0.717, 1.165) is 25.7 Å². The second kappa shape index (κ2) is 7.24. The fourth-order valence-corrected chi connectivity index (χ4v) is 2.77. The van der Waals surface area contributed by atoms with E-state index in [1.807, 2.05) is 0 Å². The van der Waals surface area contributed by atoms with Crippen LogP contribution in [0.15, 0.2) is 18.2 Å². The van der Waals surface area contributed by atoms with Crippen molar-refractivity contribution in [2.24, 2.45) is 0 Å². The highest BCUT2D eigenvalue weighted by atomic mass is 19.1. The molecule has 0 saturated heterocycles. The Kier molecular flexibility index (Phi) is 5.35. The van der Waals surface area contributed by atoms with Gasteiger partial charge in [-0.3, -0.25) is 4.79 Å². The van der Waals surface area contributed by atoms with Crippen LogP contribution in [0.5, 0.6) is 0 Å². The van der Waals surface area contributed by atoms with Crippen LogP contribution in [-0.4, -0.2) is 35.6 Å². The summed E-state index contributed by atoms with van der Waals surface area (Å²) in [5.74, 6) is 4.56. The van der Waals surface area contributed by atoms with Gasteiger partial charge in [0, 0.05) is 18.7 Å². The van der Waals surface area contributed by atoms with Gasteiger partial charge in [0.05, 0.1) is 5.56 Å². The van der Waals surface area contributed by atoms with Crippen LogP contribution in [0.25, 0.3) is 0 Å². The molecule has 1 fully saturated rings. The maximum Gasteiger partial charge on any atom is 0.255 e. The van der Waals surface area contributed by atoms with Crippen LogP contribution in [0.3, 0.4) is 0 Å². The molecule has 0 heterocycles. The highest BCUT2D eigenvalue weighted by molar-refractivity contribution is 5.96. The average molecular weight is 289 g/mol. The molecule has 112 valence electrons. The molecule has 1 amide bonds. The average Bonchev–Trinajstić information content (AvgIpc) is 2.52. The number of rotatable bonds is 2. The number of halogens is 1. The standard InChI is InChI=1S/C17H20FNO2/c1-19(15-7-3-2-4-8-15)17(21)16-10-9-14(18)12-13(16)6-5-11-20/h9-10,12,15,20H,2-4,7-8,11H2,1H3. The number of benzene rings is 1. The number of aliphatic hydroxyl groups is 1. The van der Waals surface area contributed by atoms with Gasteiger partial charge in [-0.15, -0.1) is 0 Å². The van der Waals surface area contributed by atoms with Gasteiger partial charge >= 0.3 is 0 Å². The third kappa shape index (κ3) is 3.83. The van der Waals surface area contributed by atoms with E-state index in [1.54, 1.807) is 11.9 Å². The number of hydrogen-bond acceptors (Lipinski definition) is 2. The molecule has 0 spiro atoms. The third-order valence-corrected chi connectivity index (χ3v) is 3.96. The highest BCUT2D eigenvalue weighted by Crippen LogP contribution is 2.23. The topological polar surface area (TPSA) is 40.5 Å². The van der Waals surface area contributed by atoms with E-state index < -0.39 is 5.82 Å². The van der Waals surface area contributed by atoms with Crippen molar-refractivity contribution in [3.8, 4) is 11.8 Å². The fraction of sp³-hybridized carbons (Fsp3) is 0.471. The summed E-state index contributed by atoms with van der Waals surface area (Å²) in [6, 6.07) is 4.23. The molecule has 1 aliphatic rings. The van der Waals surface area contributed by atoms with Gasteiger partial charge in [0.25, 0.3) is 5.91 Å². The SMILES string of the molecule is CN(C(=O)c1ccc(F)cc1C#CCO)C1CCCCC1. The highest BCUT2D eigenvalue weighted by Gasteiger charge is 2.24. The summed E-state index contributed by atoms with van der Waals surface area (Å²) in [5.41, 5.74) is 0.724. The van der Waals surface area contributed by atoms with Crippen LogP contribution in [-0.2, 0) is 0 Å². The number of carbonyl (C=O) groups is 1. The first-order chi connectivity index (χ1) is 10.1. The van der Waals surface area contributed by atoms with Crippen LogP contribution in [0.1, 0.15) is 48.0 Å². The summed E-state index contributed by atoms with van der Waals surface area (Å²) in [6.45, 7) is -0.317. The fourth-order valence-electron chi connectivity index (χ4n) is 2.77. The Labute approximate surface area is 124 Å². The summed E-state index contributed by atoms with van der Waals surface area (Å²) in [7, 11) is 1.80. The van der Waals surface area contributed by atoms with E-state index in [4.69, 9.17) is 5.11 Å². The molecule has 21 heavy (non-hydrogen) atoms. The number of carbonyl (C=O) groups excluding carboxylic acids is 1. The van der Waals surface area contributed by atoms with Crippen LogP contribution in [0.2, 0.25) is 0 Å². The van der Waals surface area contributed by atoms with E-state index in [1.165, 1.54) is 24.6 Å². The second-order valence-electron chi connectivity index (χ2n) is 5.36. The minimum Gasteiger partial charge on any atom is -0.384 e. The normalized spacial score (nSPS) is 15.2. The quantitative estimate of drug-likeness (QED) is 0.850. The van der Waals surface area contributed by atoms with Crippen molar-refractivity contribution in [2.45, 2.75) is 38.1 Å². The molecule has 0 unspecified atom stereocenters. The van der Waals surface area contributed by atoms with Crippen molar-refractivity contribution >= 4 is 5.91 Å². The number of amides is 1. The Hall–Kier alpha value is -1.86. The van der Waals surface area contributed by atoms with Gasteiger partial charge in [-0.1, -0.05) is 31.1 Å². The second-order valence-corrected chi connectivity index (χ2v) is 5.36. The monoisotopic (exact) mass is 289 g/mol. The molecule has 4 heteroatoms. The van der Waals surface area contributed by atoms with Crippen molar-refractivity contribution in [3.63, 3.8) is 0 Å². The Balaban J connectivity index is 2.25. The minimum atomic E-state index is -0.436. The molecule has 0 aliphatic heterocycles. The summed E-state index contributed by atoms with van der Waals surface area (Å²) in [4.78, 5) is 14.4. The maximum absolute atomic E-state index is 13.3. The summed E-state index contributed by atoms with van der Waals surface area (Å²) in [6.07, 6.45) is 5.54. The van der Waals surface area contributed by atoms with Crippen LogP contribution in [0, 0.1) is 17.7 Å². The van der Waals surface area contributed by atoms with Crippen molar-refractivity contribution in [2.75, 3.05) is 13.7 Å². The third-order valence-electron chi connectivity index (χ3n) is 3.96. The molecule has 0 aromatic heterocycles. The molecular weight excluding hydrogens is 269 g/mol. The largest absolute Gasteiger partial charge is 0.384 e. The van der Waals surface area contributed by atoms with Gasteiger partial charge < -0.3 is 10.0 Å². The van der Waals surface area contributed by atoms with E-state index in [2.05, 4.69) is 11.8 Å². The molecule has 3 nitrogen and oxygen atoms in total. The zero-order valence-corrected chi connectivity index (χ0v) is 12.2. The first kappa shape index (κ1) is 15.5. The molecule has 0 bridgehead atoms. The van der Waals surface area contributed by atoms with Gasteiger partial charge in [-0.05, 0) is 31.0 Å². The van der Waals surface area contributed by atoms with Crippen molar-refractivity contribution < 1.29 is 14.3 Å². The number of aliphatic hydroxyl groups excluding tert-OH is 1. The number of hydrogen-bond donors (Lipinski definition) is 1. The van der Waals surface area contributed by atoms with Gasteiger partial charge in [0.15, 0.2) is 0 Å². The van der Waals surface area contributed by atoms with E-state index in [0.29, 0.717) is 11.1 Å². The Morgan fingerprint density at radius 3 is 2.76 bits per heavy atom. The molecular formula is C17H20FNO2. The summed E-state index contributed by atoms with van der Waals surface area (Å²) in [5, 5.41) is 8.78. The predicted molar refractivity (Wildman–Crippen MR) is 79.3 cm³/mol. The Morgan fingerprint density at radius 2 is 2.10 bits per heavy atom. The molecule has 1 aromatic rings. The molecule has 1 aliphatic carbocycles. The molecule has 0 atom stereocenters. The molecule has 1 aromatic carbocycles. The summed E-state index contributed by atoms with van der Waals surface area (Å²) < 4.78 is 13.3. The smallest absolute Gasteiger partial charge is 0.255 e. The zero-order valence-electron chi connectivity index (χ0n) is 12.2. The van der Waals surface area contributed by atoms with E-state index in [9.17, 15) is 9.18 Å². The summed E-state index contributed by atoms with van der Waals surface area (Å²) >= 11 is 0. The first-order valence-electron chi connectivity index (χ1n) is 7.30. The van der Waals surface area contributed by atoms with Gasteiger partial charge in [0.2, 0.25) is 0 Å². The molecule has 0 radical (unpaired) electrons. The van der Waals surface area contributed by atoms with Gasteiger partial charge in [0.1, 0.15) is 12.4 Å². The lowest BCUT2D eigenvalue weighted by molar-refractivity contribution is 0.0696. The van der Waals surface area contributed by atoms with Gasteiger partial charge in [-0.2, -0.15) is 0 Å². The Bertz CT molecular complexity index is 568. The molecule has 1 saturated carbocycles. The zero-order chi connectivity index (χ0) is 15.2. The lowest BCUT2D eigenvalue weighted by atomic mass is 9.94. The van der Waals surface area contributed by atoms with Crippen LogP contribution in [0.4, 0.5) is 4.39 Å². The van der Waals surface area contributed by atoms with Crippen molar-refractivity contribution in [3.05, 3.63) is 35.1 Å². The lowest BCUT2D eigenvalue weighted by Crippen LogP contribution is -2.38. The molecule has 2 rings (SSSR count). The van der Waals surface area contributed by atoms with Gasteiger partial charge in [-0.25, -0.2) is 4.39 Å². The minimum absolute atomic E-state index is 0.135. The first-order valence-corrected chi connectivity index (χ1v) is 7.30. The lowest BCUT2D eigenvalue weighted by Gasteiger charge is -2.31. The van der Waals surface area contributed by atoms with Crippen LogP contribution >= 0.6 is 0 Å². The number of nitrogens with zero attached hydrogens (tertiary/aromatic N) is 1. The van der Waals surface area contributed by atoms with Crippen molar-refractivity contribution in [1.29, 1.82) is 0 Å².